The smallest absolute Gasteiger partial charge is 0.380 e. The Morgan fingerprint density at radius 3 is 2.52 bits per heavy atom. The number of imidazole rings is 1. The quantitative estimate of drug-likeness (QED) is 0.517. The van der Waals surface area contributed by atoms with Crippen LogP contribution in [-0.2, 0) is 17.5 Å². The number of pyridine rings is 1. The van der Waals surface area contributed by atoms with Crippen LogP contribution >= 0.6 is 0 Å². The lowest BCUT2D eigenvalue weighted by atomic mass is 9.63. The summed E-state index contributed by atoms with van der Waals surface area (Å²) in [5, 5.41) is 0. The fraction of sp³-hybridized carbons (Fsp3) is 0.741. The Balaban J connectivity index is 1.29. The molecule has 8 nitrogen and oxygen atoms in total. The number of hydrogen-bond acceptors (Lipinski definition) is 6. The van der Waals surface area contributed by atoms with Crippen molar-refractivity contribution in [2.45, 2.75) is 75.8 Å². The standard InChI is InChI=1S/C27H37F5N6O2/c1-35-16-33-34-24(35)23(29)26(14-40-15-26)18-3-2-4-20(10-18)37-13-22-21(27(30,31)32)9-17(12-38(22)25(37)39)11-36-7-5-19(28)6-8-36/h9,12-13,18-20,23-24,33-34H,2-8,10-11,14-16H2,1H3/t18?,20?,23-,24?/m1/s1. The normalized spacial score (nSPS) is 29.6. The van der Waals surface area contributed by atoms with Gasteiger partial charge in [0.1, 0.15) is 18.5 Å². The lowest BCUT2D eigenvalue weighted by Gasteiger charge is -2.53. The van der Waals surface area contributed by atoms with Gasteiger partial charge < -0.3 is 4.74 Å². The summed E-state index contributed by atoms with van der Waals surface area (Å²) >= 11 is 0. The third kappa shape index (κ3) is 4.97. The number of aromatic nitrogens is 2. The summed E-state index contributed by atoms with van der Waals surface area (Å²) in [6.45, 7) is 2.22. The zero-order chi connectivity index (χ0) is 28.2. The zero-order valence-corrected chi connectivity index (χ0v) is 22.6. The van der Waals surface area contributed by atoms with E-state index in [-0.39, 0.29) is 37.2 Å². The Bertz CT molecular complexity index is 1270. The molecule has 1 saturated carbocycles. The van der Waals surface area contributed by atoms with E-state index in [1.807, 2.05) is 16.8 Å². The summed E-state index contributed by atoms with van der Waals surface area (Å²) in [6.07, 6.45) is -1.08. The van der Waals surface area contributed by atoms with Crippen LogP contribution in [0.15, 0.2) is 23.3 Å². The fourth-order valence-corrected chi connectivity index (χ4v) is 7.15. The maximum absolute atomic E-state index is 16.0. The summed E-state index contributed by atoms with van der Waals surface area (Å²) in [7, 11) is 1.84. The molecule has 3 aliphatic heterocycles. The highest BCUT2D eigenvalue weighted by molar-refractivity contribution is 5.56. The van der Waals surface area contributed by atoms with E-state index in [9.17, 15) is 22.4 Å². The first-order valence-electron chi connectivity index (χ1n) is 14.2. The number of likely N-dealkylation sites (tertiary alicyclic amines) is 1. The lowest BCUT2D eigenvalue weighted by molar-refractivity contribution is -0.202. The Labute approximate surface area is 229 Å². The van der Waals surface area contributed by atoms with Crippen LogP contribution in [0, 0.1) is 11.3 Å². The van der Waals surface area contributed by atoms with Crippen LogP contribution in [0.4, 0.5) is 22.0 Å². The molecule has 0 amide bonds. The largest absolute Gasteiger partial charge is 0.418 e. The molecule has 4 atom stereocenters. The van der Waals surface area contributed by atoms with Gasteiger partial charge in [0, 0.05) is 38.1 Å². The minimum atomic E-state index is -4.65. The Hall–Kier alpha value is -2.06. The second-order valence-corrected chi connectivity index (χ2v) is 12.1. The number of nitrogens with zero attached hydrogens (tertiary/aromatic N) is 4. The molecule has 4 aliphatic rings. The molecule has 0 radical (unpaired) electrons. The molecule has 2 aromatic rings. The second kappa shape index (κ2) is 10.6. The number of fused-ring (bicyclic) bond motifs is 1. The van der Waals surface area contributed by atoms with E-state index in [0.717, 1.165) is 23.3 Å². The summed E-state index contributed by atoms with van der Waals surface area (Å²) in [6, 6.07) is 0.772. The summed E-state index contributed by atoms with van der Waals surface area (Å²) in [4.78, 5) is 17.4. The van der Waals surface area contributed by atoms with Crippen molar-refractivity contribution in [3.63, 3.8) is 0 Å². The van der Waals surface area contributed by atoms with Crippen molar-refractivity contribution >= 4 is 5.52 Å². The number of alkyl halides is 5. The maximum Gasteiger partial charge on any atom is 0.418 e. The average Bonchev–Trinajstić information content (AvgIpc) is 3.47. The molecule has 0 aromatic carbocycles. The van der Waals surface area contributed by atoms with E-state index in [1.54, 1.807) is 0 Å². The highest BCUT2D eigenvalue weighted by atomic mass is 19.4. The minimum absolute atomic E-state index is 0.0724. The van der Waals surface area contributed by atoms with Crippen molar-refractivity contribution in [2.75, 3.05) is 40.0 Å². The third-order valence-electron chi connectivity index (χ3n) is 9.55. The average molecular weight is 573 g/mol. The van der Waals surface area contributed by atoms with Crippen molar-refractivity contribution < 1.29 is 26.7 Å². The molecule has 2 N–H and O–H groups in total. The van der Waals surface area contributed by atoms with E-state index in [1.165, 1.54) is 17.0 Å². The molecule has 3 unspecified atom stereocenters. The number of nitrogens with one attached hydrogen (secondary N) is 2. The van der Waals surface area contributed by atoms with Crippen LogP contribution in [0.2, 0.25) is 0 Å². The number of hydrazine groups is 1. The van der Waals surface area contributed by atoms with Crippen LogP contribution < -0.4 is 16.5 Å². The number of rotatable bonds is 6. The highest BCUT2D eigenvalue weighted by Gasteiger charge is 2.56. The predicted molar refractivity (Wildman–Crippen MR) is 138 cm³/mol. The van der Waals surface area contributed by atoms with Gasteiger partial charge >= 0.3 is 11.9 Å². The topological polar surface area (TPSA) is 66.2 Å². The minimum Gasteiger partial charge on any atom is -0.380 e. The molecule has 0 spiro atoms. The first-order valence-corrected chi connectivity index (χ1v) is 14.2. The van der Waals surface area contributed by atoms with Gasteiger partial charge in [0.2, 0.25) is 0 Å². The van der Waals surface area contributed by atoms with E-state index in [0.29, 0.717) is 51.0 Å². The van der Waals surface area contributed by atoms with Gasteiger partial charge in [-0.15, -0.1) is 0 Å². The van der Waals surface area contributed by atoms with Crippen LogP contribution in [0.1, 0.15) is 55.7 Å². The van der Waals surface area contributed by atoms with Crippen LogP contribution in [0.3, 0.4) is 0 Å². The van der Waals surface area contributed by atoms with Gasteiger partial charge in [-0.3, -0.25) is 18.8 Å². The van der Waals surface area contributed by atoms with Crippen LogP contribution in [0.25, 0.3) is 5.52 Å². The molecule has 0 bridgehead atoms. The number of piperidine rings is 1. The molecule has 6 rings (SSSR count). The summed E-state index contributed by atoms with van der Waals surface area (Å²) in [5.41, 5.74) is 4.07. The zero-order valence-electron chi connectivity index (χ0n) is 22.6. The Kier molecular flexibility index (Phi) is 7.47. The summed E-state index contributed by atoms with van der Waals surface area (Å²) in [5.74, 6) is -0.0724. The number of hydrogen-bond donors (Lipinski definition) is 2. The van der Waals surface area contributed by atoms with Gasteiger partial charge in [-0.25, -0.2) is 24.4 Å². The monoisotopic (exact) mass is 572 g/mol. The SMILES string of the molecule is CN1CNNC1[C@@H](F)C1(C2CCCC(n3cc4c(C(F)(F)F)cc(CN5CCC(F)CC5)cn4c3=O)C2)COC1. The van der Waals surface area contributed by atoms with Gasteiger partial charge in [-0.2, -0.15) is 13.2 Å². The lowest BCUT2D eigenvalue weighted by Crippen LogP contribution is -2.62. The molecule has 40 heavy (non-hydrogen) atoms. The summed E-state index contributed by atoms with van der Waals surface area (Å²) < 4.78 is 80.2. The molecule has 4 fully saturated rings. The number of halogens is 5. The Morgan fingerprint density at radius 1 is 1.15 bits per heavy atom. The molecule has 5 heterocycles. The number of ether oxygens (including phenoxy) is 1. The van der Waals surface area contributed by atoms with Gasteiger partial charge in [0.05, 0.1) is 36.4 Å². The van der Waals surface area contributed by atoms with Crippen molar-refractivity contribution in [3.8, 4) is 0 Å². The second-order valence-electron chi connectivity index (χ2n) is 12.1. The van der Waals surface area contributed by atoms with Gasteiger partial charge in [-0.05, 0) is 56.7 Å². The van der Waals surface area contributed by atoms with Crippen molar-refractivity contribution in [1.82, 2.24) is 29.6 Å². The van der Waals surface area contributed by atoms with Crippen LogP contribution in [0.5, 0.6) is 0 Å². The molecule has 3 saturated heterocycles. The molecule has 2 aromatic heterocycles. The van der Waals surface area contributed by atoms with E-state index < -0.39 is 41.4 Å². The fourth-order valence-electron chi connectivity index (χ4n) is 7.15. The first kappa shape index (κ1) is 28.1. The van der Waals surface area contributed by atoms with Crippen molar-refractivity contribution in [1.29, 1.82) is 0 Å². The van der Waals surface area contributed by atoms with E-state index in [4.69, 9.17) is 4.74 Å². The molecule has 1 aliphatic carbocycles. The maximum atomic E-state index is 16.0. The van der Waals surface area contributed by atoms with Gasteiger partial charge in [-0.1, -0.05) is 6.42 Å². The molecule has 13 heteroatoms. The molecular weight excluding hydrogens is 535 g/mol. The molecular formula is C27H37F5N6O2. The van der Waals surface area contributed by atoms with E-state index in [2.05, 4.69) is 10.9 Å². The van der Waals surface area contributed by atoms with Gasteiger partial charge in [0.25, 0.3) is 0 Å². The first-order chi connectivity index (χ1) is 19.1. The Morgan fingerprint density at radius 2 is 1.90 bits per heavy atom. The van der Waals surface area contributed by atoms with E-state index >= 15 is 4.39 Å². The molecule has 222 valence electrons. The van der Waals surface area contributed by atoms with Crippen LogP contribution in [-0.4, -0.2) is 77.3 Å². The third-order valence-corrected chi connectivity index (χ3v) is 9.55. The van der Waals surface area contributed by atoms with Crippen molar-refractivity contribution in [3.05, 3.63) is 40.1 Å². The predicted octanol–water partition coefficient (Wildman–Crippen LogP) is 3.46. The van der Waals surface area contributed by atoms with Crippen molar-refractivity contribution in [2.24, 2.45) is 11.3 Å². The van der Waals surface area contributed by atoms with Gasteiger partial charge in [0.15, 0.2) is 0 Å². The highest BCUT2D eigenvalue weighted by Crippen LogP contribution is 2.50.